The molecule has 5 nitrogen and oxygen atoms in total. The second kappa shape index (κ2) is 8.55. The SMILES string of the molecule is C[C@@H](Oc1ccc(Cl)cc1Cl)C(=O)NNC(=O)c1ccccc1I. The van der Waals surface area contributed by atoms with Gasteiger partial charge in [0.25, 0.3) is 11.8 Å². The van der Waals surface area contributed by atoms with E-state index in [1.165, 1.54) is 6.07 Å². The zero-order valence-corrected chi connectivity index (χ0v) is 16.1. The summed E-state index contributed by atoms with van der Waals surface area (Å²) >= 11 is 13.8. The summed E-state index contributed by atoms with van der Waals surface area (Å²) in [5, 5.41) is 0.763. The zero-order valence-electron chi connectivity index (χ0n) is 12.5. The van der Waals surface area contributed by atoms with Crippen molar-refractivity contribution in [1.82, 2.24) is 10.9 Å². The van der Waals surface area contributed by atoms with Crippen molar-refractivity contribution in [2.45, 2.75) is 13.0 Å². The van der Waals surface area contributed by atoms with Gasteiger partial charge in [0.15, 0.2) is 6.10 Å². The van der Waals surface area contributed by atoms with Crippen LogP contribution >= 0.6 is 45.8 Å². The Morgan fingerprint density at radius 1 is 1.12 bits per heavy atom. The summed E-state index contributed by atoms with van der Waals surface area (Å²) in [6.07, 6.45) is -0.862. The number of carbonyl (C=O) groups is 2. The number of carbonyl (C=O) groups excluding carboxylic acids is 2. The van der Waals surface area contributed by atoms with Crippen LogP contribution in [0, 0.1) is 3.57 Å². The molecule has 0 aliphatic heterocycles. The van der Waals surface area contributed by atoms with Crippen LogP contribution in [0.5, 0.6) is 5.75 Å². The highest BCUT2D eigenvalue weighted by Gasteiger charge is 2.18. The highest BCUT2D eigenvalue weighted by atomic mass is 127. The lowest BCUT2D eigenvalue weighted by molar-refractivity contribution is -0.128. The summed E-state index contributed by atoms with van der Waals surface area (Å²) in [5.74, 6) is -0.599. The van der Waals surface area contributed by atoms with Gasteiger partial charge in [-0.15, -0.1) is 0 Å². The molecule has 0 heterocycles. The maximum atomic E-state index is 12.0. The fourth-order valence-electron chi connectivity index (χ4n) is 1.75. The first-order valence-corrected chi connectivity index (χ1v) is 8.68. The molecule has 8 heteroatoms. The van der Waals surface area contributed by atoms with E-state index in [4.69, 9.17) is 27.9 Å². The summed E-state index contributed by atoms with van der Waals surface area (Å²) in [4.78, 5) is 24.1. The number of hydrogen-bond donors (Lipinski definition) is 2. The Bertz CT molecular complexity index is 771. The molecule has 2 rings (SSSR count). The summed E-state index contributed by atoms with van der Waals surface area (Å²) in [5.41, 5.74) is 5.14. The molecular formula is C16H13Cl2IN2O3. The van der Waals surface area contributed by atoms with Crippen LogP contribution in [0.1, 0.15) is 17.3 Å². The second-order valence-corrected chi connectivity index (χ2v) is 6.76. The van der Waals surface area contributed by atoms with E-state index >= 15 is 0 Å². The van der Waals surface area contributed by atoms with Crippen LogP contribution in [0.2, 0.25) is 10.0 Å². The van der Waals surface area contributed by atoms with Gasteiger partial charge in [-0.05, 0) is 59.8 Å². The highest BCUT2D eigenvalue weighted by Crippen LogP contribution is 2.28. The van der Waals surface area contributed by atoms with Crippen LogP contribution in [0.15, 0.2) is 42.5 Å². The lowest BCUT2D eigenvalue weighted by Crippen LogP contribution is -2.47. The molecule has 0 saturated carbocycles. The third-order valence-corrected chi connectivity index (χ3v) is 4.46. The molecule has 0 aliphatic carbocycles. The average molecular weight is 479 g/mol. The van der Waals surface area contributed by atoms with Crippen molar-refractivity contribution in [2.75, 3.05) is 0 Å². The van der Waals surface area contributed by atoms with Gasteiger partial charge in [-0.1, -0.05) is 35.3 Å². The fraction of sp³-hybridized carbons (Fsp3) is 0.125. The molecule has 0 aromatic heterocycles. The molecule has 2 aromatic carbocycles. The van der Waals surface area contributed by atoms with Gasteiger partial charge in [0, 0.05) is 8.59 Å². The predicted octanol–water partition coefficient (Wildman–Crippen LogP) is 3.83. The van der Waals surface area contributed by atoms with Crippen LogP contribution in [0.3, 0.4) is 0 Å². The lowest BCUT2D eigenvalue weighted by Gasteiger charge is -2.16. The third kappa shape index (κ3) is 4.99. The number of amides is 2. The smallest absolute Gasteiger partial charge is 0.279 e. The van der Waals surface area contributed by atoms with Crippen molar-refractivity contribution < 1.29 is 14.3 Å². The third-order valence-electron chi connectivity index (χ3n) is 2.98. The monoisotopic (exact) mass is 478 g/mol. The maximum absolute atomic E-state index is 12.0. The Kier molecular flexibility index (Phi) is 6.70. The largest absolute Gasteiger partial charge is 0.479 e. The van der Waals surface area contributed by atoms with Crippen molar-refractivity contribution in [3.05, 3.63) is 61.6 Å². The number of hydrazine groups is 1. The van der Waals surface area contributed by atoms with E-state index in [-0.39, 0.29) is 0 Å². The minimum atomic E-state index is -0.862. The number of rotatable bonds is 4. The number of ether oxygens (including phenoxy) is 1. The summed E-state index contributed by atoms with van der Waals surface area (Å²) < 4.78 is 6.25. The van der Waals surface area contributed by atoms with Crippen LogP contribution in [-0.2, 0) is 4.79 Å². The molecule has 0 radical (unpaired) electrons. The molecule has 2 aromatic rings. The molecule has 0 spiro atoms. The van der Waals surface area contributed by atoms with E-state index in [9.17, 15) is 9.59 Å². The predicted molar refractivity (Wildman–Crippen MR) is 101 cm³/mol. The van der Waals surface area contributed by atoms with Crippen molar-refractivity contribution in [1.29, 1.82) is 0 Å². The minimum Gasteiger partial charge on any atom is -0.479 e. The molecule has 0 aliphatic rings. The molecule has 1 atom stereocenters. The summed E-state index contributed by atoms with van der Waals surface area (Å²) in [6.45, 7) is 1.54. The van der Waals surface area contributed by atoms with Crippen LogP contribution in [0.25, 0.3) is 0 Å². The Labute approximate surface area is 162 Å². The van der Waals surface area contributed by atoms with E-state index in [0.717, 1.165) is 3.57 Å². The molecule has 24 heavy (non-hydrogen) atoms. The van der Waals surface area contributed by atoms with Gasteiger partial charge in [-0.25, -0.2) is 0 Å². The van der Waals surface area contributed by atoms with E-state index in [1.54, 1.807) is 37.3 Å². The van der Waals surface area contributed by atoms with E-state index in [2.05, 4.69) is 10.9 Å². The highest BCUT2D eigenvalue weighted by molar-refractivity contribution is 14.1. The Hall–Kier alpha value is -1.51. The zero-order chi connectivity index (χ0) is 17.7. The van der Waals surface area contributed by atoms with Crippen LogP contribution < -0.4 is 15.6 Å². The molecular weight excluding hydrogens is 466 g/mol. The van der Waals surface area contributed by atoms with Gasteiger partial charge in [0.05, 0.1) is 10.6 Å². The van der Waals surface area contributed by atoms with Gasteiger partial charge in [0.1, 0.15) is 5.75 Å². The molecule has 2 amide bonds. The van der Waals surface area contributed by atoms with Crippen LogP contribution in [0.4, 0.5) is 0 Å². The van der Waals surface area contributed by atoms with Gasteiger partial charge in [-0.2, -0.15) is 0 Å². The van der Waals surface area contributed by atoms with E-state index < -0.39 is 17.9 Å². The lowest BCUT2D eigenvalue weighted by atomic mass is 10.2. The number of hydrogen-bond acceptors (Lipinski definition) is 3. The number of nitrogens with one attached hydrogen (secondary N) is 2. The maximum Gasteiger partial charge on any atom is 0.279 e. The first-order chi connectivity index (χ1) is 11.4. The molecule has 2 N–H and O–H groups in total. The average Bonchev–Trinajstić information content (AvgIpc) is 2.55. The van der Waals surface area contributed by atoms with Crippen LogP contribution in [-0.4, -0.2) is 17.9 Å². The topological polar surface area (TPSA) is 67.4 Å². The number of halogens is 3. The summed E-state index contributed by atoms with van der Waals surface area (Å²) in [6, 6.07) is 11.7. The van der Waals surface area contributed by atoms with Crippen molar-refractivity contribution in [3.8, 4) is 5.75 Å². The van der Waals surface area contributed by atoms with Gasteiger partial charge < -0.3 is 4.74 Å². The minimum absolute atomic E-state index is 0.296. The van der Waals surface area contributed by atoms with Crippen molar-refractivity contribution in [2.24, 2.45) is 0 Å². The molecule has 0 unspecified atom stereocenters. The molecule has 0 saturated heterocycles. The van der Waals surface area contributed by atoms with E-state index in [0.29, 0.717) is 21.4 Å². The van der Waals surface area contributed by atoms with E-state index in [1.807, 2.05) is 28.7 Å². The van der Waals surface area contributed by atoms with Gasteiger partial charge in [0.2, 0.25) is 0 Å². The standard InChI is InChI=1S/C16H13Cl2IN2O3/c1-9(24-14-7-6-10(17)8-12(14)18)15(22)20-21-16(23)11-4-2-3-5-13(11)19/h2-9H,1H3,(H,20,22)(H,21,23)/t9-/m1/s1. The molecule has 0 bridgehead atoms. The Morgan fingerprint density at radius 2 is 1.83 bits per heavy atom. The Balaban J connectivity index is 1.92. The van der Waals surface area contributed by atoms with Gasteiger partial charge >= 0.3 is 0 Å². The van der Waals surface area contributed by atoms with Crippen molar-refractivity contribution in [3.63, 3.8) is 0 Å². The molecule has 126 valence electrons. The first kappa shape index (κ1) is 18.8. The fourth-order valence-corrected chi connectivity index (χ4v) is 2.83. The Morgan fingerprint density at radius 3 is 2.50 bits per heavy atom. The van der Waals surface area contributed by atoms with Gasteiger partial charge in [-0.3, -0.25) is 20.4 Å². The first-order valence-electron chi connectivity index (χ1n) is 6.85. The summed E-state index contributed by atoms with van der Waals surface area (Å²) in [7, 11) is 0. The quantitative estimate of drug-likeness (QED) is 0.518. The van der Waals surface area contributed by atoms with Crippen molar-refractivity contribution >= 4 is 57.6 Å². The normalized spacial score (nSPS) is 11.5. The second-order valence-electron chi connectivity index (χ2n) is 4.76. The number of benzene rings is 2. The molecule has 0 fully saturated rings.